The van der Waals surface area contributed by atoms with Gasteiger partial charge in [-0.05, 0) is 112 Å². The summed E-state index contributed by atoms with van der Waals surface area (Å²) in [7, 11) is -23.3. The van der Waals surface area contributed by atoms with Gasteiger partial charge in [-0.15, -0.1) is 4.73 Å². The van der Waals surface area contributed by atoms with E-state index >= 15 is 0 Å². The summed E-state index contributed by atoms with van der Waals surface area (Å²) in [5.41, 5.74) is 0.424. The first-order chi connectivity index (χ1) is 35.8. The van der Waals surface area contributed by atoms with Gasteiger partial charge in [0.15, 0.2) is 5.71 Å². The Morgan fingerprint density at radius 1 is 0.649 bits per heavy atom. The molecule has 2 aliphatic rings. The van der Waals surface area contributed by atoms with Crippen LogP contribution in [0.1, 0.15) is 76.8 Å². The van der Waals surface area contributed by atoms with Crippen molar-refractivity contribution in [3.63, 3.8) is 0 Å². The number of hydrogen-bond donors (Lipinski definition) is 7. The number of hydrogen-bond acceptors (Lipinski definition) is 16. The number of unbranched alkanes of at least 4 members (excludes halogenated alkanes) is 2. The molecule has 1 aromatic heterocycles. The first-order valence-corrected chi connectivity index (χ1v) is 31.0. The summed E-state index contributed by atoms with van der Waals surface area (Å²) in [4.78, 5) is 16.3. The zero-order valence-electron chi connectivity index (χ0n) is 41.8. The molecule has 7 N–H and O–H groups in total. The highest BCUT2D eigenvalue weighted by molar-refractivity contribution is 7.87. The monoisotopic (exact) mass is 1170 g/mol. The second-order valence-corrected chi connectivity index (χ2v) is 26.0. The van der Waals surface area contributed by atoms with Crippen LogP contribution in [0.4, 0.5) is 11.4 Å². The van der Waals surface area contributed by atoms with Gasteiger partial charge in [-0.25, -0.2) is 4.79 Å². The summed E-state index contributed by atoms with van der Waals surface area (Å²) < 4.78 is 184. The number of allylic oxidation sites excluding steroid dienone is 6. The molecule has 0 aliphatic carbocycles. The average Bonchev–Trinajstić information content (AvgIpc) is 3.87. The van der Waals surface area contributed by atoms with E-state index in [1.807, 2.05) is 16.4 Å². The Morgan fingerprint density at radius 2 is 1.22 bits per heavy atom. The lowest BCUT2D eigenvalue weighted by Gasteiger charge is -2.30. The summed E-state index contributed by atoms with van der Waals surface area (Å²) in [6.07, 6.45) is 9.52. The van der Waals surface area contributed by atoms with Gasteiger partial charge in [0.2, 0.25) is 17.4 Å². The number of carbonyl (C=O) groups excluding carboxylic acids is 1. The van der Waals surface area contributed by atoms with Crippen molar-refractivity contribution in [3.05, 3.63) is 108 Å². The highest BCUT2D eigenvalue weighted by Crippen LogP contribution is 2.54. The van der Waals surface area contributed by atoms with Gasteiger partial charge in [0, 0.05) is 90.5 Å². The van der Waals surface area contributed by atoms with Gasteiger partial charge < -0.3 is 24.7 Å². The third-order valence-electron chi connectivity index (χ3n) is 13.8. The number of carbonyl (C=O) groups is 1. The summed E-state index contributed by atoms with van der Waals surface area (Å²) in [6.45, 7) is 5.97. The number of likely N-dealkylation sites (N-methyl/N-ethyl adjacent to an activating group) is 1. The zero-order valence-corrected chi connectivity index (χ0v) is 45.8. The number of nitrogens with zero attached hydrogens (tertiary/aromatic N) is 3. The third-order valence-corrected chi connectivity index (χ3v) is 18.1. The minimum atomic E-state index is -5.09. The van der Waals surface area contributed by atoms with Crippen molar-refractivity contribution in [2.24, 2.45) is 0 Å². The smallest absolute Gasteiger partial charge is 0.333 e. The van der Waals surface area contributed by atoms with E-state index in [2.05, 4.69) is 0 Å². The van der Waals surface area contributed by atoms with E-state index in [0.717, 1.165) is 24.3 Å². The van der Waals surface area contributed by atoms with Gasteiger partial charge in [-0.2, -0.15) is 46.7 Å². The molecule has 416 valence electrons. The van der Waals surface area contributed by atoms with E-state index in [1.54, 1.807) is 56.4 Å². The topological polar surface area (TPSA) is 359 Å². The Morgan fingerprint density at radius 3 is 1.75 bits per heavy atom. The SMILES string of the molecule is CCN1C(=CC=CC=CC2=[N+](CCCCCC(=O)On3c(O)ccc3O)c3ccc4c(S(=O)(=O)O)cc(S(=O)(=O)O)cc4c3C2(C)CCOC)C(C)(CCCS(=O)(=O)O)c2c1ccc1c(S(=O)(=O)O)cc(S(=O)(=O)O)cc21. The number of fused-ring (bicyclic) bond motifs is 6. The summed E-state index contributed by atoms with van der Waals surface area (Å²) in [5.74, 6) is -2.40. The maximum absolute atomic E-state index is 12.8. The van der Waals surface area contributed by atoms with E-state index < -0.39 is 104 Å². The van der Waals surface area contributed by atoms with Gasteiger partial charge in [0.1, 0.15) is 16.3 Å². The first kappa shape index (κ1) is 58.6. The number of rotatable bonds is 22. The molecule has 0 fully saturated rings. The summed E-state index contributed by atoms with van der Waals surface area (Å²) >= 11 is 0. The molecule has 0 radical (unpaired) electrons. The maximum atomic E-state index is 12.8. The molecule has 0 spiro atoms. The van der Waals surface area contributed by atoms with Crippen LogP contribution in [0.2, 0.25) is 0 Å². The van der Waals surface area contributed by atoms with Gasteiger partial charge in [-0.1, -0.05) is 24.3 Å². The number of ether oxygens (including phenoxy) is 1. The summed E-state index contributed by atoms with van der Waals surface area (Å²) in [5, 5.41) is 19.7. The molecule has 5 aromatic rings. The summed E-state index contributed by atoms with van der Waals surface area (Å²) in [6, 6.07) is 11.7. The van der Waals surface area contributed by atoms with Gasteiger partial charge in [0.25, 0.3) is 50.6 Å². The maximum Gasteiger partial charge on any atom is 0.333 e. The van der Waals surface area contributed by atoms with Gasteiger partial charge in [0.05, 0.1) is 21.0 Å². The van der Waals surface area contributed by atoms with Crippen LogP contribution in [0.25, 0.3) is 21.5 Å². The Kier molecular flexibility index (Phi) is 16.5. The molecule has 7 rings (SSSR count). The Balaban J connectivity index is 1.35. The van der Waals surface area contributed by atoms with Crippen molar-refractivity contribution in [1.82, 2.24) is 4.73 Å². The van der Waals surface area contributed by atoms with E-state index in [4.69, 9.17) is 9.57 Å². The number of anilines is 1. The largest absolute Gasteiger partial charge is 0.492 e. The van der Waals surface area contributed by atoms with Crippen LogP contribution in [0.15, 0.2) is 116 Å². The van der Waals surface area contributed by atoms with E-state index in [9.17, 15) is 79.9 Å². The predicted molar refractivity (Wildman–Crippen MR) is 281 cm³/mol. The molecular formula is C49H56N3O20S5+. The standard InChI is InChI=1S/C49H55N3O20S5/c1-5-50-37-18-16-33-35(27-31(74(59,60)61)29-39(33)76(65,66)67)46(37)48(2,22-12-26-73(56,57)58)41(50)13-8-6-9-14-42-49(3,23-25-71-4)47-36-28-32(75(62,63)64)30-40(77(68,69)70)34(36)17-19-38(47)51(42)24-11-7-10-15-45(55)72-52-43(53)20-21-44(52)54/h6,8-9,13-14,16-21,27-30H,5,7,10-12,15,22-26H2,1-4H3,(H6-,53,54,56,57,58,59,60,61,62,63,64,65,66,67,68,69,70)/p+1. The number of aromatic hydroxyl groups is 2. The molecule has 3 heterocycles. The molecule has 4 aromatic carbocycles. The number of benzene rings is 4. The highest BCUT2D eigenvalue weighted by Gasteiger charge is 2.49. The Labute approximate surface area is 444 Å². The molecule has 23 nitrogen and oxygen atoms in total. The molecule has 0 saturated carbocycles. The van der Waals surface area contributed by atoms with E-state index in [1.165, 1.54) is 19.2 Å². The van der Waals surface area contributed by atoms with Crippen molar-refractivity contribution in [3.8, 4) is 11.8 Å². The molecule has 0 amide bonds. The second kappa shape index (κ2) is 21.6. The van der Waals surface area contributed by atoms with Crippen molar-refractivity contribution >= 4 is 95.2 Å². The molecule has 2 unspecified atom stereocenters. The molecule has 0 bridgehead atoms. The van der Waals surface area contributed by atoms with E-state index in [-0.39, 0.29) is 66.9 Å². The fraction of sp³-hybridized carbons (Fsp3) is 0.347. The molecular weight excluding hydrogens is 1110 g/mol. The molecule has 28 heteroatoms. The predicted octanol–water partition coefficient (Wildman–Crippen LogP) is 6.26. The van der Waals surface area contributed by atoms with Crippen LogP contribution in [-0.4, -0.2) is 129 Å². The first-order valence-electron chi connectivity index (χ1n) is 23.6. The van der Waals surface area contributed by atoms with Crippen molar-refractivity contribution < 1.29 is 94.0 Å². The fourth-order valence-corrected chi connectivity index (χ4v) is 13.6. The molecule has 77 heavy (non-hydrogen) atoms. The molecule has 2 atom stereocenters. The lowest BCUT2D eigenvalue weighted by atomic mass is 9.75. The van der Waals surface area contributed by atoms with Gasteiger partial charge >= 0.3 is 5.97 Å². The van der Waals surface area contributed by atoms with Crippen molar-refractivity contribution in [2.75, 3.05) is 37.5 Å². The quantitative estimate of drug-likeness (QED) is 0.0174. The second-order valence-electron chi connectivity index (χ2n) is 18.8. The lowest BCUT2D eigenvalue weighted by molar-refractivity contribution is -0.438. The van der Waals surface area contributed by atoms with E-state index in [0.29, 0.717) is 70.0 Å². The van der Waals surface area contributed by atoms with Crippen LogP contribution < -0.4 is 9.74 Å². The fourth-order valence-electron chi connectivity index (χ4n) is 10.4. The number of methoxy groups -OCH3 is 1. The van der Waals surface area contributed by atoms with Crippen LogP contribution in [0.3, 0.4) is 0 Å². The normalized spacial score (nSPS) is 18.9. The van der Waals surface area contributed by atoms with Crippen molar-refractivity contribution in [2.45, 2.75) is 96.1 Å². The zero-order chi connectivity index (χ0) is 56.8. The minimum absolute atomic E-state index is 0.00958. The third kappa shape index (κ3) is 12.0. The van der Waals surface area contributed by atoms with Crippen LogP contribution in [-0.2, 0) is 71.0 Å². The molecule has 0 saturated heterocycles. The Bertz CT molecular complexity index is 3920. The van der Waals surface area contributed by atoms with Gasteiger partial charge in [-0.3, -0.25) is 22.8 Å². The van der Waals surface area contributed by atoms with Crippen molar-refractivity contribution in [1.29, 1.82) is 0 Å². The van der Waals surface area contributed by atoms with Crippen LogP contribution >= 0.6 is 0 Å². The minimum Gasteiger partial charge on any atom is -0.492 e. The highest BCUT2D eigenvalue weighted by atomic mass is 32.2. The van der Waals surface area contributed by atoms with Crippen LogP contribution in [0, 0.1) is 0 Å². The average molecular weight is 1170 g/mol. The molecule has 2 aliphatic heterocycles. The Hall–Kier alpha value is -6.05. The number of aromatic nitrogens is 1. The lowest BCUT2D eigenvalue weighted by Crippen LogP contribution is -2.33. The van der Waals surface area contributed by atoms with Crippen LogP contribution in [0.5, 0.6) is 11.8 Å².